The number of nitrogens with zero attached hydrogens (tertiary/aromatic N) is 2. The highest BCUT2D eigenvalue weighted by Gasteiger charge is 2.31. The van der Waals surface area contributed by atoms with E-state index < -0.39 is 0 Å². The molecular formula is C14H19N3O. The fraction of sp³-hybridized carbons (Fsp3) is 0.500. The van der Waals surface area contributed by atoms with Gasteiger partial charge < -0.3 is 15.5 Å². The van der Waals surface area contributed by atoms with Crippen LogP contribution in [0, 0.1) is 0 Å². The van der Waals surface area contributed by atoms with Gasteiger partial charge in [0, 0.05) is 31.0 Å². The Hall–Kier alpha value is -1.71. The molecule has 1 fully saturated rings. The molecule has 1 aromatic carbocycles. The van der Waals surface area contributed by atoms with Crippen molar-refractivity contribution in [1.82, 2.24) is 4.90 Å². The lowest BCUT2D eigenvalue weighted by atomic mass is 10.1. The number of carbonyl (C=O) groups is 1. The Morgan fingerprint density at radius 2 is 2.28 bits per heavy atom. The third kappa shape index (κ3) is 2.03. The molecule has 1 aliphatic carbocycles. The van der Waals surface area contributed by atoms with Crippen LogP contribution in [0.3, 0.4) is 0 Å². The number of nitrogens with two attached hydrogens (primary N) is 1. The lowest BCUT2D eigenvalue weighted by molar-refractivity contribution is -0.128. The van der Waals surface area contributed by atoms with Gasteiger partial charge in [-0.2, -0.15) is 0 Å². The van der Waals surface area contributed by atoms with Crippen LogP contribution in [0.4, 0.5) is 11.4 Å². The van der Waals surface area contributed by atoms with Crippen molar-refractivity contribution in [3.05, 3.63) is 23.8 Å². The standard InChI is InChI=1S/C14H19N3O/c1-16(12-3-4-12)14(18)9-17-7-6-10-8-11(15)2-5-13(10)17/h2,5,8,12H,3-4,6-7,9,15H2,1H3. The summed E-state index contributed by atoms with van der Waals surface area (Å²) in [7, 11) is 1.92. The second kappa shape index (κ2) is 4.19. The average Bonchev–Trinajstić information content (AvgIpc) is 3.12. The highest BCUT2D eigenvalue weighted by Crippen LogP contribution is 2.30. The molecule has 3 rings (SSSR count). The lowest BCUT2D eigenvalue weighted by Crippen LogP contribution is -2.38. The molecule has 4 nitrogen and oxygen atoms in total. The van der Waals surface area contributed by atoms with Gasteiger partial charge in [-0.1, -0.05) is 0 Å². The number of amides is 1. The number of anilines is 2. The number of hydrogen-bond donors (Lipinski definition) is 1. The molecule has 2 aliphatic rings. The zero-order valence-electron chi connectivity index (χ0n) is 10.7. The molecule has 1 saturated carbocycles. The molecule has 1 heterocycles. The van der Waals surface area contributed by atoms with E-state index in [1.807, 2.05) is 30.1 Å². The first-order valence-electron chi connectivity index (χ1n) is 6.54. The Morgan fingerprint density at radius 3 is 3.00 bits per heavy atom. The van der Waals surface area contributed by atoms with E-state index in [4.69, 9.17) is 5.73 Å². The van der Waals surface area contributed by atoms with Crippen LogP contribution in [0.15, 0.2) is 18.2 Å². The van der Waals surface area contributed by atoms with Gasteiger partial charge in [-0.15, -0.1) is 0 Å². The molecule has 0 radical (unpaired) electrons. The molecule has 0 atom stereocenters. The van der Waals surface area contributed by atoms with Crippen LogP contribution in [0.5, 0.6) is 0 Å². The van der Waals surface area contributed by atoms with Gasteiger partial charge in [-0.25, -0.2) is 0 Å². The lowest BCUT2D eigenvalue weighted by Gasteiger charge is -2.23. The summed E-state index contributed by atoms with van der Waals surface area (Å²) in [5, 5.41) is 0. The maximum atomic E-state index is 12.1. The summed E-state index contributed by atoms with van der Waals surface area (Å²) in [4.78, 5) is 16.2. The first kappa shape index (κ1) is 11.4. The van der Waals surface area contributed by atoms with Gasteiger partial charge in [0.15, 0.2) is 0 Å². The minimum Gasteiger partial charge on any atom is -0.399 e. The maximum Gasteiger partial charge on any atom is 0.242 e. The van der Waals surface area contributed by atoms with Crippen molar-refractivity contribution in [2.45, 2.75) is 25.3 Å². The van der Waals surface area contributed by atoms with E-state index >= 15 is 0 Å². The molecule has 18 heavy (non-hydrogen) atoms. The molecule has 1 aliphatic heterocycles. The molecule has 2 N–H and O–H groups in total. The van der Waals surface area contributed by atoms with Crippen molar-refractivity contribution in [2.24, 2.45) is 0 Å². The van der Waals surface area contributed by atoms with Crippen molar-refractivity contribution in [3.8, 4) is 0 Å². The van der Waals surface area contributed by atoms with Gasteiger partial charge >= 0.3 is 0 Å². The van der Waals surface area contributed by atoms with Gasteiger partial charge in [0.2, 0.25) is 5.91 Å². The number of hydrogen-bond acceptors (Lipinski definition) is 3. The first-order chi connectivity index (χ1) is 8.65. The number of rotatable bonds is 3. The minimum atomic E-state index is 0.224. The van der Waals surface area contributed by atoms with Crippen LogP contribution in [0.2, 0.25) is 0 Å². The highest BCUT2D eigenvalue weighted by molar-refractivity contribution is 5.83. The number of likely N-dealkylation sites (N-methyl/N-ethyl adjacent to an activating group) is 1. The SMILES string of the molecule is CN(C(=O)CN1CCc2cc(N)ccc21)C1CC1. The van der Waals surface area contributed by atoms with E-state index in [0.29, 0.717) is 12.6 Å². The zero-order valence-corrected chi connectivity index (χ0v) is 10.7. The Morgan fingerprint density at radius 1 is 1.50 bits per heavy atom. The van der Waals surface area contributed by atoms with Crippen LogP contribution in [0.1, 0.15) is 18.4 Å². The smallest absolute Gasteiger partial charge is 0.242 e. The van der Waals surface area contributed by atoms with Crippen LogP contribution < -0.4 is 10.6 Å². The van der Waals surface area contributed by atoms with Crippen molar-refractivity contribution in [3.63, 3.8) is 0 Å². The Labute approximate surface area is 107 Å². The molecule has 0 spiro atoms. The summed E-state index contributed by atoms with van der Waals surface area (Å²) in [6, 6.07) is 6.45. The Bertz CT molecular complexity index is 482. The fourth-order valence-electron chi connectivity index (χ4n) is 2.59. The van der Waals surface area contributed by atoms with E-state index in [1.54, 1.807) is 0 Å². The van der Waals surface area contributed by atoms with Crippen molar-refractivity contribution in [1.29, 1.82) is 0 Å². The van der Waals surface area contributed by atoms with Gasteiger partial charge in [-0.3, -0.25) is 4.79 Å². The van der Waals surface area contributed by atoms with E-state index in [-0.39, 0.29) is 5.91 Å². The van der Waals surface area contributed by atoms with Crippen LogP contribution in [0.25, 0.3) is 0 Å². The molecule has 0 bridgehead atoms. The quantitative estimate of drug-likeness (QED) is 0.815. The molecule has 4 heteroatoms. The Kier molecular flexibility index (Phi) is 2.65. The molecule has 0 saturated heterocycles. The largest absolute Gasteiger partial charge is 0.399 e. The van der Waals surface area contributed by atoms with Crippen LogP contribution in [-0.2, 0) is 11.2 Å². The highest BCUT2D eigenvalue weighted by atomic mass is 16.2. The maximum absolute atomic E-state index is 12.1. The topological polar surface area (TPSA) is 49.6 Å². The van der Waals surface area contributed by atoms with Crippen molar-refractivity contribution >= 4 is 17.3 Å². The number of benzene rings is 1. The molecule has 0 unspecified atom stereocenters. The number of carbonyl (C=O) groups excluding carboxylic acids is 1. The van der Waals surface area contributed by atoms with Crippen molar-refractivity contribution < 1.29 is 4.79 Å². The second-order valence-electron chi connectivity index (χ2n) is 5.30. The van der Waals surface area contributed by atoms with Gasteiger partial charge in [0.25, 0.3) is 0 Å². The molecule has 1 aromatic rings. The van der Waals surface area contributed by atoms with Crippen LogP contribution >= 0.6 is 0 Å². The summed E-state index contributed by atoms with van der Waals surface area (Å²) in [5.41, 5.74) is 9.01. The first-order valence-corrected chi connectivity index (χ1v) is 6.54. The van der Waals surface area contributed by atoms with Gasteiger partial charge in [0.05, 0.1) is 6.54 Å². The second-order valence-corrected chi connectivity index (χ2v) is 5.30. The normalized spacial score (nSPS) is 17.7. The monoisotopic (exact) mass is 245 g/mol. The van der Waals surface area contributed by atoms with Gasteiger partial charge in [0.1, 0.15) is 0 Å². The van der Waals surface area contributed by atoms with E-state index in [0.717, 1.165) is 31.5 Å². The number of nitrogen functional groups attached to an aromatic ring is 1. The van der Waals surface area contributed by atoms with Crippen LogP contribution in [-0.4, -0.2) is 37.0 Å². The summed E-state index contributed by atoms with van der Waals surface area (Å²) >= 11 is 0. The fourth-order valence-corrected chi connectivity index (χ4v) is 2.59. The third-order valence-electron chi connectivity index (χ3n) is 3.91. The minimum absolute atomic E-state index is 0.224. The van der Waals surface area contributed by atoms with E-state index in [1.165, 1.54) is 11.3 Å². The average molecular weight is 245 g/mol. The number of fused-ring (bicyclic) bond motifs is 1. The Balaban J connectivity index is 1.70. The summed E-state index contributed by atoms with van der Waals surface area (Å²) in [6.45, 7) is 1.41. The molecule has 0 aromatic heterocycles. The summed E-state index contributed by atoms with van der Waals surface area (Å²) < 4.78 is 0. The zero-order chi connectivity index (χ0) is 12.7. The molecule has 1 amide bonds. The third-order valence-corrected chi connectivity index (χ3v) is 3.91. The predicted octanol–water partition coefficient (Wildman–Crippen LogP) is 1.25. The summed E-state index contributed by atoms with van der Waals surface area (Å²) in [5.74, 6) is 0.224. The van der Waals surface area contributed by atoms with Gasteiger partial charge in [-0.05, 0) is 43.0 Å². The molecular weight excluding hydrogens is 226 g/mol. The van der Waals surface area contributed by atoms with E-state index in [9.17, 15) is 4.79 Å². The molecule has 96 valence electrons. The van der Waals surface area contributed by atoms with Crippen molar-refractivity contribution in [2.75, 3.05) is 30.8 Å². The van der Waals surface area contributed by atoms with E-state index in [2.05, 4.69) is 4.90 Å². The predicted molar refractivity (Wildman–Crippen MR) is 72.6 cm³/mol. The summed E-state index contributed by atoms with van der Waals surface area (Å²) in [6.07, 6.45) is 3.31.